The maximum absolute atomic E-state index is 12.8. The van der Waals surface area contributed by atoms with Gasteiger partial charge in [-0.2, -0.15) is 0 Å². The Kier molecular flexibility index (Phi) is 5.20. The van der Waals surface area contributed by atoms with E-state index in [-0.39, 0.29) is 11.9 Å². The van der Waals surface area contributed by atoms with Crippen LogP contribution in [0.3, 0.4) is 0 Å². The fourth-order valence-electron chi connectivity index (χ4n) is 3.21. The van der Waals surface area contributed by atoms with Gasteiger partial charge in [0.15, 0.2) is 0 Å². The van der Waals surface area contributed by atoms with Crippen molar-refractivity contribution in [3.8, 4) is 0 Å². The molecule has 1 saturated heterocycles. The van der Waals surface area contributed by atoms with Crippen molar-refractivity contribution in [1.82, 2.24) is 19.8 Å². The van der Waals surface area contributed by atoms with Gasteiger partial charge in [0.25, 0.3) is 5.91 Å². The summed E-state index contributed by atoms with van der Waals surface area (Å²) in [6.45, 7) is 7.48. The molecule has 126 valence electrons. The van der Waals surface area contributed by atoms with Crippen LogP contribution in [0.15, 0.2) is 42.9 Å². The average molecular weight is 324 g/mol. The molecule has 5 nitrogen and oxygen atoms in total. The van der Waals surface area contributed by atoms with Crippen LogP contribution in [-0.2, 0) is 6.42 Å². The molecule has 0 aliphatic carbocycles. The van der Waals surface area contributed by atoms with Crippen LogP contribution in [0.2, 0.25) is 0 Å². The number of hydrogen-bond acceptors (Lipinski definition) is 4. The van der Waals surface area contributed by atoms with E-state index in [1.165, 1.54) is 0 Å². The Morgan fingerprint density at radius 2 is 1.96 bits per heavy atom. The third-order valence-corrected chi connectivity index (χ3v) is 4.78. The summed E-state index contributed by atoms with van der Waals surface area (Å²) in [7, 11) is 0. The summed E-state index contributed by atoms with van der Waals surface area (Å²) in [6, 6.07) is 8.13. The topological polar surface area (TPSA) is 49.3 Å². The van der Waals surface area contributed by atoms with Crippen LogP contribution in [0.4, 0.5) is 0 Å². The minimum atomic E-state index is 0.124. The van der Waals surface area contributed by atoms with Crippen LogP contribution in [0, 0.1) is 0 Å². The minimum absolute atomic E-state index is 0.124. The summed E-state index contributed by atoms with van der Waals surface area (Å²) >= 11 is 0. The first-order chi connectivity index (χ1) is 11.7. The van der Waals surface area contributed by atoms with Crippen molar-refractivity contribution in [3.63, 3.8) is 0 Å². The summed E-state index contributed by atoms with van der Waals surface area (Å²) in [6.07, 6.45) is 6.16. The molecule has 1 aliphatic heterocycles. The van der Waals surface area contributed by atoms with E-state index in [0.29, 0.717) is 0 Å². The normalized spacial score (nSPS) is 16.8. The molecule has 0 unspecified atom stereocenters. The Bertz CT molecular complexity index is 681. The lowest BCUT2D eigenvalue weighted by molar-refractivity contribution is 0.0578. The van der Waals surface area contributed by atoms with Gasteiger partial charge in [0.2, 0.25) is 0 Å². The van der Waals surface area contributed by atoms with Crippen LogP contribution in [0.25, 0.3) is 0 Å². The molecule has 0 spiro atoms. The molecule has 1 aliphatic rings. The molecule has 2 aromatic rings. The van der Waals surface area contributed by atoms with E-state index in [0.717, 1.165) is 49.4 Å². The maximum Gasteiger partial charge on any atom is 0.254 e. The number of rotatable bonds is 4. The van der Waals surface area contributed by atoms with Crippen LogP contribution >= 0.6 is 0 Å². The van der Waals surface area contributed by atoms with E-state index < -0.39 is 0 Å². The fraction of sp³-hybridized carbons (Fsp3) is 0.421. The van der Waals surface area contributed by atoms with Gasteiger partial charge in [0, 0.05) is 56.4 Å². The summed E-state index contributed by atoms with van der Waals surface area (Å²) in [5.74, 6) is 0.124. The summed E-state index contributed by atoms with van der Waals surface area (Å²) in [5, 5.41) is 0. The Morgan fingerprint density at radius 3 is 2.62 bits per heavy atom. The van der Waals surface area contributed by atoms with Crippen LogP contribution in [0.1, 0.15) is 41.5 Å². The van der Waals surface area contributed by atoms with Crippen molar-refractivity contribution in [1.29, 1.82) is 0 Å². The smallest absolute Gasteiger partial charge is 0.254 e. The molecule has 1 atom stereocenters. The van der Waals surface area contributed by atoms with Crippen LogP contribution in [0.5, 0.6) is 0 Å². The number of nitrogens with zero attached hydrogens (tertiary/aromatic N) is 4. The number of carbonyl (C=O) groups excluding carboxylic acids is 1. The molecular weight excluding hydrogens is 300 g/mol. The second-order valence-corrected chi connectivity index (χ2v) is 6.15. The summed E-state index contributed by atoms with van der Waals surface area (Å²) in [5.41, 5.74) is 2.89. The zero-order valence-electron chi connectivity index (χ0n) is 14.4. The quantitative estimate of drug-likeness (QED) is 0.867. The predicted octanol–water partition coefficient (Wildman–Crippen LogP) is 2.56. The molecule has 3 heterocycles. The number of aryl methyl sites for hydroxylation is 1. The van der Waals surface area contributed by atoms with Gasteiger partial charge in [-0.15, -0.1) is 0 Å². The molecule has 1 amide bonds. The third-order valence-electron chi connectivity index (χ3n) is 4.78. The molecule has 0 aromatic carbocycles. The standard InChI is InChI=1S/C19H24N4O/c1-3-16-14-20-9-7-17(16)19(24)23-12-10-22(11-13-23)15(2)18-6-4-5-8-21-18/h4-9,14-15H,3,10-13H2,1-2H3/t15-/m1/s1. The lowest BCUT2D eigenvalue weighted by Gasteiger charge is -2.38. The monoisotopic (exact) mass is 324 g/mol. The van der Waals surface area contributed by atoms with E-state index in [4.69, 9.17) is 0 Å². The number of amides is 1. The van der Waals surface area contributed by atoms with E-state index >= 15 is 0 Å². The highest BCUT2D eigenvalue weighted by atomic mass is 16.2. The van der Waals surface area contributed by atoms with Crippen molar-refractivity contribution >= 4 is 5.91 Å². The first kappa shape index (κ1) is 16.6. The van der Waals surface area contributed by atoms with Gasteiger partial charge in [0.05, 0.1) is 5.69 Å². The zero-order chi connectivity index (χ0) is 16.9. The first-order valence-electron chi connectivity index (χ1n) is 8.58. The average Bonchev–Trinajstić information content (AvgIpc) is 2.67. The maximum atomic E-state index is 12.8. The number of piperazine rings is 1. The second kappa shape index (κ2) is 7.53. The number of pyridine rings is 2. The second-order valence-electron chi connectivity index (χ2n) is 6.15. The number of carbonyl (C=O) groups is 1. The SMILES string of the molecule is CCc1cnccc1C(=O)N1CCN([C@H](C)c2ccccn2)CC1. The fourth-order valence-corrected chi connectivity index (χ4v) is 3.21. The minimum Gasteiger partial charge on any atom is -0.336 e. The molecule has 0 bridgehead atoms. The molecule has 0 saturated carbocycles. The van der Waals surface area contributed by atoms with Gasteiger partial charge >= 0.3 is 0 Å². The Balaban J connectivity index is 1.64. The van der Waals surface area contributed by atoms with E-state index in [1.807, 2.05) is 29.3 Å². The van der Waals surface area contributed by atoms with Crippen molar-refractivity contribution < 1.29 is 4.79 Å². The Morgan fingerprint density at radius 1 is 1.17 bits per heavy atom. The van der Waals surface area contributed by atoms with Gasteiger partial charge in [-0.3, -0.25) is 19.7 Å². The molecule has 0 radical (unpaired) electrons. The van der Waals surface area contributed by atoms with Gasteiger partial charge < -0.3 is 4.90 Å². The lowest BCUT2D eigenvalue weighted by Crippen LogP contribution is -2.49. The van der Waals surface area contributed by atoms with Gasteiger partial charge in [-0.05, 0) is 37.1 Å². The molecule has 2 aromatic heterocycles. The predicted molar refractivity (Wildman–Crippen MR) is 93.7 cm³/mol. The highest BCUT2D eigenvalue weighted by Gasteiger charge is 2.26. The van der Waals surface area contributed by atoms with Crippen molar-refractivity contribution in [2.24, 2.45) is 0 Å². The number of hydrogen-bond donors (Lipinski definition) is 0. The molecule has 1 fully saturated rings. The van der Waals surface area contributed by atoms with Gasteiger partial charge in [-0.1, -0.05) is 13.0 Å². The van der Waals surface area contributed by atoms with E-state index in [9.17, 15) is 4.79 Å². The molecule has 24 heavy (non-hydrogen) atoms. The highest BCUT2D eigenvalue weighted by molar-refractivity contribution is 5.95. The summed E-state index contributed by atoms with van der Waals surface area (Å²) in [4.78, 5) is 25.7. The first-order valence-corrected chi connectivity index (χ1v) is 8.58. The Labute approximate surface area is 143 Å². The van der Waals surface area contributed by atoms with Crippen molar-refractivity contribution in [2.45, 2.75) is 26.3 Å². The van der Waals surface area contributed by atoms with Gasteiger partial charge in [-0.25, -0.2) is 0 Å². The van der Waals surface area contributed by atoms with Gasteiger partial charge in [0.1, 0.15) is 0 Å². The Hall–Kier alpha value is -2.27. The third kappa shape index (κ3) is 3.46. The molecule has 3 rings (SSSR count). The van der Waals surface area contributed by atoms with Crippen molar-refractivity contribution in [2.75, 3.05) is 26.2 Å². The van der Waals surface area contributed by atoms with E-state index in [2.05, 4.69) is 34.8 Å². The van der Waals surface area contributed by atoms with Crippen LogP contribution in [-0.4, -0.2) is 51.9 Å². The molecule has 0 N–H and O–H groups in total. The molecular formula is C19H24N4O. The van der Waals surface area contributed by atoms with Crippen molar-refractivity contribution in [3.05, 3.63) is 59.7 Å². The summed E-state index contributed by atoms with van der Waals surface area (Å²) < 4.78 is 0. The zero-order valence-corrected chi connectivity index (χ0v) is 14.4. The molecule has 5 heteroatoms. The lowest BCUT2D eigenvalue weighted by atomic mass is 10.1. The van der Waals surface area contributed by atoms with Crippen LogP contribution < -0.4 is 0 Å². The van der Waals surface area contributed by atoms with E-state index in [1.54, 1.807) is 12.4 Å². The number of aromatic nitrogens is 2. The highest BCUT2D eigenvalue weighted by Crippen LogP contribution is 2.20. The largest absolute Gasteiger partial charge is 0.336 e.